The van der Waals surface area contributed by atoms with Crippen molar-refractivity contribution in [3.8, 4) is 0 Å². The van der Waals surface area contributed by atoms with Gasteiger partial charge in [-0.2, -0.15) is 16.8 Å². The fourth-order valence-electron chi connectivity index (χ4n) is 4.24. The molecule has 180 valence electrons. The van der Waals surface area contributed by atoms with Crippen LogP contribution in [0.4, 0.5) is 0 Å². The molecule has 0 unspecified atom stereocenters. The standard InChI is InChI=1S/C21H16O6S2.C6H6.Hg/c22-28(23,24)21(29(25,26)27,19-13-5-9-15-7-1-3-11-17(15)19)20-14-6-10-16-8-2-4-12-18(16)20;1-2-4-6-5-3-1;/h1-14H,(H,22,23,24)(H,25,26,27);1-6H;. The van der Waals surface area contributed by atoms with Crippen molar-refractivity contribution in [2.24, 2.45) is 0 Å². The Balaban J connectivity index is 0.000000453. The summed E-state index contributed by atoms with van der Waals surface area (Å²) in [5.41, 5.74) is -0.506. The van der Waals surface area contributed by atoms with Gasteiger partial charge in [0.05, 0.1) is 0 Å². The molecule has 0 aliphatic rings. The molecule has 2 N–H and O–H groups in total. The summed E-state index contributed by atoms with van der Waals surface area (Å²) in [6.07, 6.45) is 0. The zero-order chi connectivity index (χ0) is 25.1. The minimum absolute atomic E-state index is 0. The molecule has 0 aromatic heterocycles. The second-order valence-electron chi connectivity index (χ2n) is 7.77. The number of benzene rings is 5. The summed E-state index contributed by atoms with van der Waals surface area (Å²) in [5, 5.41) is 1.67. The third kappa shape index (κ3) is 5.10. The van der Waals surface area contributed by atoms with E-state index >= 15 is 0 Å². The van der Waals surface area contributed by atoms with E-state index in [1.54, 1.807) is 60.7 Å². The fourth-order valence-corrected chi connectivity index (χ4v) is 7.13. The van der Waals surface area contributed by atoms with Crippen molar-refractivity contribution in [1.29, 1.82) is 0 Å². The van der Waals surface area contributed by atoms with Crippen LogP contribution in [0.3, 0.4) is 0 Å². The quantitative estimate of drug-likeness (QED) is 0.185. The predicted molar refractivity (Wildman–Crippen MR) is 138 cm³/mol. The molecule has 0 saturated carbocycles. The van der Waals surface area contributed by atoms with Crippen LogP contribution in [0.25, 0.3) is 21.5 Å². The maximum Gasteiger partial charge on any atom is 0.296 e. The molecule has 0 radical (unpaired) electrons. The topological polar surface area (TPSA) is 109 Å². The summed E-state index contributed by atoms with van der Waals surface area (Å²) in [7, 11) is -10.8. The van der Waals surface area contributed by atoms with E-state index < -0.39 is 24.3 Å². The maximum atomic E-state index is 12.8. The minimum atomic E-state index is -5.41. The average molecular weight is 707 g/mol. The molecular formula is C27H22HgO6S2. The average Bonchev–Trinajstić information content (AvgIpc) is 2.84. The van der Waals surface area contributed by atoms with E-state index in [0.717, 1.165) is 0 Å². The number of hydrogen-bond acceptors (Lipinski definition) is 4. The summed E-state index contributed by atoms with van der Waals surface area (Å²) >= 11 is 0. The smallest absolute Gasteiger partial charge is 0.284 e. The van der Waals surface area contributed by atoms with Crippen LogP contribution in [0.2, 0.25) is 0 Å². The van der Waals surface area contributed by atoms with Crippen molar-refractivity contribution in [2.75, 3.05) is 0 Å². The number of rotatable bonds is 4. The Bertz CT molecular complexity index is 1550. The van der Waals surface area contributed by atoms with Crippen molar-refractivity contribution in [2.45, 2.75) is 4.08 Å². The Labute approximate surface area is 230 Å². The van der Waals surface area contributed by atoms with Gasteiger partial charge in [0.1, 0.15) is 0 Å². The first-order valence-corrected chi connectivity index (χ1v) is 13.5. The summed E-state index contributed by atoms with van der Waals surface area (Å²) in [6.45, 7) is 0. The third-order valence-corrected chi connectivity index (χ3v) is 9.28. The molecule has 0 heterocycles. The van der Waals surface area contributed by atoms with Crippen LogP contribution in [-0.4, -0.2) is 25.9 Å². The van der Waals surface area contributed by atoms with E-state index in [1.807, 2.05) is 36.4 Å². The summed E-state index contributed by atoms with van der Waals surface area (Å²) in [5.74, 6) is 0. The summed E-state index contributed by atoms with van der Waals surface area (Å²) in [6, 6.07) is 34.0. The maximum absolute atomic E-state index is 12.8. The largest absolute Gasteiger partial charge is 0.296 e. The first kappa shape index (κ1) is 28.0. The van der Waals surface area contributed by atoms with Crippen molar-refractivity contribution < 1.29 is 53.6 Å². The molecule has 0 bridgehead atoms. The van der Waals surface area contributed by atoms with Gasteiger partial charge in [0.15, 0.2) is 0 Å². The van der Waals surface area contributed by atoms with E-state index in [-0.39, 0.29) is 49.6 Å². The molecule has 36 heavy (non-hydrogen) atoms. The van der Waals surface area contributed by atoms with Gasteiger partial charge in [0.25, 0.3) is 24.3 Å². The second-order valence-corrected chi connectivity index (χ2v) is 11.2. The van der Waals surface area contributed by atoms with Crippen LogP contribution >= 0.6 is 0 Å². The molecule has 0 aliphatic heterocycles. The molecule has 9 heteroatoms. The molecule has 0 aliphatic carbocycles. The molecule has 5 rings (SSSR count). The molecular weight excluding hydrogens is 685 g/mol. The van der Waals surface area contributed by atoms with Crippen LogP contribution in [0.1, 0.15) is 11.1 Å². The second kappa shape index (κ2) is 11.2. The molecule has 6 nitrogen and oxygen atoms in total. The molecule has 0 saturated heterocycles. The van der Waals surface area contributed by atoms with Crippen molar-refractivity contribution in [3.05, 3.63) is 132 Å². The van der Waals surface area contributed by atoms with E-state index in [9.17, 15) is 25.9 Å². The summed E-state index contributed by atoms with van der Waals surface area (Å²) < 4.78 is 68.7. The Hall–Kier alpha value is -2.62. The SMILES string of the molecule is O=S(=O)(O)C(c1cccc2ccccc12)(c1cccc2ccccc12)S(=O)(=O)O.[Hg].c1ccccc1. The molecule has 0 atom stereocenters. The Morgan fingerprint density at radius 3 is 1.08 bits per heavy atom. The first-order chi connectivity index (χ1) is 16.7. The van der Waals surface area contributed by atoms with Crippen LogP contribution < -0.4 is 0 Å². The van der Waals surface area contributed by atoms with E-state index in [2.05, 4.69) is 0 Å². The van der Waals surface area contributed by atoms with Gasteiger partial charge in [0.2, 0.25) is 0 Å². The van der Waals surface area contributed by atoms with Crippen LogP contribution in [0.15, 0.2) is 121 Å². The molecule has 0 fully saturated rings. The Kier molecular flexibility index (Phi) is 8.69. The zero-order valence-corrected chi connectivity index (χ0v) is 26.2. The van der Waals surface area contributed by atoms with Crippen molar-refractivity contribution >= 4 is 41.8 Å². The number of hydrogen-bond donors (Lipinski definition) is 2. The Morgan fingerprint density at radius 1 is 0.444 bits per heavy atom. The minimum Gasteiger partial charge on any atom is -0.284 e. The predicted octanol–water partition coefficient (Wildman–Crippen LogP) is 5.65. The third-order valence-electron chi connectivity index (χ3n) is 5.68. The van der Waals surface area contributed by atoms with Gasteiger partial charge < -0.3 is 0 Å². The van der Waals surface area contributed by atoms with Crippen molar-refractivity contribution in [3.63, 3.8) is 0 Å². The van der Waals surface area contributed by atoms with Crippen molar-refractivity contribution in [1.82, 2.24) is 0 Å². The van der Waals surface area contributed by atoms with Gasteiger partial charge in [0, 0.05) is 38.8 Å². The van der Waals surface area contributed by atoms with Gasteiger partial charge in [-0.05, 0) is 21.5 Å². The summed E-state index contributed by atoms with van der Waals surface area (Å²) in [4.78, 5) is 0. The Morgan fingerprint density at radius 2 is 0.750 bits per heavy atom. The van der Waals surface area contributed by atoms with Gasteiger partial charge in [-0.1, -0.05) is 121 Å². The van der Waals surface area contributed by atoms with Crippen LogP contribution in [-0.2, 0) is 52.0 Å². The normalized spacial score (nSPS) is 11.8. The van der Waals surface area contributed by atoms with Gasteiger partial charge in [-0.15, -0.1) is 0 Å². The van der Waals surface area contributed by atoms with Crippen LogP contribution in [0, 0.1) is 0 Å². The van der Waals surface area contributed by atoms with E-state index in [0.29, 0.717) is 10.8 Å². The van der Waals surface area contributed by atoms with Crippen LogP contribution in [0.5, 0.6) is 0 Å². The fraction of sp³-hybridized carbons (Fsp3) is 0.0370. The first-order valence-electron chi connectivity index (χ1n) is 10.6. The molecule has 0 amide bonds. The monoisotopic (exact) mass is 708 g/mol. The van der Waals surface area contributed by atoms with Gasteiger partial charge >= 0.3 is 0 Å². The molecule has 0 spiro atoms. The van der Waals surface area contributed by atoms with E-state index in [4.69, 9.17) is 0 Å². The number of fused-ring (bicyclic) bond motifs is 2. The van der Waals surface area contributed by atoms with E-state index in [1.165, 1.54) is 24.3 Å². The van der Waals surface area contributed by atoms with Gasteiger partial charge in [-0.25, -0.2) is 0 Å². The zero-order valence-electron chi connectivity index (χ0n) is 19.1. The molecule has 5 aromatic carbocycles. The molecule has 5 aromatic rings. The van der Waals surface area contributed by atoms with Gasteiger partial charge in [-0.3, -0.25) is 9.11 Å².